The molecule has 0 bridgehead atoms. The summed E-state index contributed by atoms with van der Waals surface area (Å²) in [7, 11) is 1.52. The fourth-order valence-corrected chi connectivity index (χ4v) is 2.03. The number of aliphatic hydroxyl groups excluding tert-OH is 2. The number of aliphatic hydroxyl groups is 2. The summed E-state index contributed by atoms with van der Waals surface area (Å²) in [6.45, 7) is 5.28. The highest BCUT2D eigenvalue weighted by Crippen LogP contribution is 2.31. The molecule has 0 aromatic carbocycles. The average Bonchev–Trinajstić information content (AvgIpc) is 2.54. The highest BCUT2D eigenvalue weighted by molar-refractivity contribution is 4.89. The van der Waals surface area contributed by atoms with E-state index in [0.29, 0.717) is 6.42 Å². The molecule has 0 saturated carbocycles. The number of rotatable bonds is 5. The molecule has 0 radical (unpaired) electrons. The minimum absolute atomic E-state index is 0.148. The van der Waals surface area contributed by atoms with Gasteiger partial charge >= 0.3 is 0 Å². The summed E-state index contributed by atoms with van der Waals surface area (Å²) in [6.07, 6.45) is -1.44. The molecule has 1 aliphatic rings. The van der Waals surface area contributed by atoms with Gasteiger partial charge in [0.25, 0.3) is 0 Å². The molecular weight excluding hydrogens is 212 g/mol. The highest BCUT2D eigenvalue weighted by atomic mass is 16.8. The summed E-state index contributed by atoms with van der Waals surface area (Å²) < 4.78 is 16.4. The van der Waals surface area contributed by atoms with Gasteiger partial charge in [0.1, 0.15) is 18.3 Å². The van der Waals surface area contributed by atoms with E-state index in [-0.39, 0.29) is 6.61 Å². The Hall–Kier alpha value is -0.200. The van der Waals surface area contributed by atoms with Gasteiger partial charge < -0.3 is 24.4 Å². The Kier molecular flexibility index (Phi) is 4.70. The van der Waals surface area contributed by atoms with E-state index >= 15 is 0 Å². The maximum atomic E-state index is 9.82. The number of hydrogen-bond acceptors (Lipinski definition) is 5. The zero-order valence-electron chi connectivity index (χ0n) is 10.3. The van der Waals surface area contributed by atoms with Crippen LogP contribution in [0.4, 0.5) is 0 Å². The standard InChI is InChI=1S/C11H22O5/c1-5-7(13)9(14-4)10-8(6-12)15-11(2,3)16-10/h7-10,12-13H,5-6H2,1-4H3/t7-,8+,9+,10+/m1/s1. The quantitative estimate of drug-likeness (QED) is 0.715. The first kappa shape index (κ1) is 13.9. The molecule has 16 heavy (non-hydrogen) atoms. The van der Waals surface area contributed by atoms with Crippen LogP contribution in [0.1, 0.15) is 27.2 Å². The van der Waals surface area contributed by atoms with Crippen molar-refractivity contribution in [3.8, 4) is 0 Å². The summed E-state index contributed by atoms with van der Waals surface area (Å²) in [5.41, 5.74) is 0. The maximum Gasteiger partial charge on any atom is 0.164 e. The lowest BCUT2D eigenvalue weighted by atomic mass is 10.0. The number of methoxy groups -OCH3 is 1. The van der Waals surface area contributed by atoms with Gasteiger partial charge in [0.15, 0.2) is 5.79 Å². The largest absolute Gasteiger partial charge is 0.394 e. The zero-order valence-corrected chi connectivity index (χ0v) is 10.3. The monoisotopic (exact) mass is 234 g/mol. The van der Waals surface area contributed by atoms with Crippen LogP contribution in [-0.4, -0.2) is 54.1 Å². The second-order valence-electron chi connectivity index (χ2n) is 4.50. The Balaban J connectivity index is 2.76. The first-order chi connectivity index (χ1) is 7.45. The van der Waals surface area contributed by atoms with Gasteiger partial charge in [-0.15, -0.1) is 0 Å². The molecule has 0 unspecified atom stereocenters. The summed E-state index contributed by atoms with van der Waals surface area (Å²) in [5.74, 6) is -0.748. The first-order valence-electron chi connectivity index (χ1n) is 5.62. The molecule has 0 spiro atoms. The van der Waals surface area contributed by atoms with Crippen molar-refractivity contribution in [1.82, 2.24) is 0 Å². The molecule has 2 N–H and O–H groups in total. The Morgan fingerprint density at radius 3 is 2.44 bits per heavy atom. The summed E-state index contributed by atoms with van der Waals surface area (Å²) in [4.78, 5) is 0. The van der Waals surface area contributed by atoms with Crippen molar-refractivity contribution >= 4 is 0 Å². The maximum absolute atomic E-state index is 9.82. The van der Waals surface area contributed by atoms with E-state index in [0.717, 1.165) is 0 Å². The zero-order chi connectivity index (χ0) is 12.3. The molecule has 0 aromatic rings. The molecule has 96 valence electrons. The molecule has 0 amide bonds. The molecule has 1 heterocycles. The second kappa shape index (κ2) is 5.42. The molecule has 5 nitrogen and oxygen atoms in total. The van der Waals surface area contributed by atoms with Crippen molar-refractivity contribution in [3.05, 3.63) is 0 Å². The molecule has 0 aliphatic carbocycles. The lowest BCUT2D eigenvalue weighted by molar-refractivity contribution is -0.167. The van der Waals surface area contributed by atoms with Crippen molar-refractivity contribution in [2.24, 2.45) is 0 Å². The Labute approximate surface area is 96.3 Å². The van der Waals surface area contributed by atoms with E-state index in [1.807, 2.05) is 6.92 Å². The van der Waals surface area contributed by atoms with Gasteiger partial charge in [-0.25, -0.2) is 0 Å². The fourth-order valence-electron chi connectivity index (χ4n) is 2.03. The van der Waals surface area contributed by atoms with E-state index < -0.39 is 30.2 Å². The van der Waals surface area contributed by atoms with Gasteiger partial charge in [-0.1, -0.05) is 6.92 Å². The Bertz CT molecular complexity index is 218. The van der Waals surface area contributed by atoms with Crippen molar-refractivity contribution in [2.75, 3.05) is 13.7 Å². The minimum atomic E-state index is -0.748. The molecular formula is C11H22O5. The SMILES string of the molecule is CC[C@@H](O)[C@H](OC)[C@H]1OC(C)(C)O[C@H]1CO. The van der Waals surface area contributed by atoms with Gasteiger partial charge in [0, 0.05) is 7.11 Å². The van der Waals surface area contributed by atoms with E-state index in [2.05, 4.69) is 0 Å². The average molecular weight is 234 g/mol. The minimum Gasteiger partial charge on any atom is -0.394 e. The summed E-state index contributed by atoms with van der Waals surface area (Å²) >= 11 is 0. The van der Waals surface area contributed by atoms with Crippen LogP contribution in [0.5, 0.6) is 0 Å². The summed E-state index contributed by atoms with van der Waals surface area (Å²) in [6, 6.07) is 0. The van der Waals surface area contributed by atoms with Crippen LogP contribution in [0.15, 0.2) is 0 Å². The van der Waals surface area contributed by atoms with Crippen LogP contribution >= 0.6 is 0 Å². The van der Waals surface area contributed by atoms with E-state index in [4.69, 9.17) is 14.2 Å². The van der Waals surface area contributed by atoms with Crippen LogP contribution in [0.25, 0.3) is 0 Å². The third-order valence-corrected chi connectivity index (χ3v) is 2.79. The first-order valence-corrected chi connectivity index (χ1v) is 5.62. The number of hydrogen-bond donors (Lipinski definition) is 2. The van der Waals surface area contributed by atoms with E-state index in [1.54, 1.807) is 13.8 Å². The van der Waals surface area contributed by atoms with Crippen LogP contribution in [0, 0.1) is 0 Å². The lowest BCUT2D eigenvalue weighted by Crippen LogP contribution is -2.45. The normalized spacial score (nSPS) is 32.6. The molecule has 4 atom stereocenters. The topological polar surface area (TPSA) is 68.2 Å². The molecule has 1 rings (SSSR count). The van der Waals surface area contributed by atoms with Gasteiger partial charge in [0.2, 0.25) is 0 Å². The Morgan fingerprint density at radius 1 is 1.38 bits per heavy atom. The Morgan fingerprint density at radius 2 is 2.00 bits per heavy atom. The predicted molar refractivity (Wildman–Crippen MR) is 58.0 cm³/mol. The van der Waals surface area contributed by atoms with Crippen molar-refractivity contribution < 1.29 is 24.4 Å². The molecule has 1 aliphatic heterocycles. The third-order valence-electron chi connectivity index (χ3n) is 2.79. The van der Waals surface area contributed by atoms with Crippen LogP contribution in [0.2, 0.25) is 0 Å². The van der Waals surface area contributed by atoms with Crippen LogP contribution < -0.4 is 0 Å². The molecule has 1 saturated heterocycles. The van der Waals surface area contributed by atoms with Gasteiger partial charge in [-0.2, -0.15) is 0 Å². The van der Waals surface area contributed by atoms with Crippen molar-refractivity contribution in [2.45, 2.75) is 57.4 Å². The van der Waals surface area contributed by atoms with Crippen molar-refractivity contribution in [3.63, 3.8) is 0 Å². The van der Waals surface area contributed by atoms with E-state index in [9.17, 15) is 10.2 Å². The smallest absolute Gasteiger partial charge is 0.164 e. The fraction of sp³-hybridized carbons (Fsp3) is 1.00. The van der Waals surface area contributed by atoms with Crippen molar-refractivity contribution in [1.29, 1.82) is 0 Å². The highest BCUT2D eigenvalue weighted by Gasteiger charge is 2.46. The van der Waals surface area contributed by atoms with Crippen LogP contribution in [0.3, 0.4) is 0 Å². The van der Waals surface area contributed by atoms with Crippen LogP contribution in [-0.2, 0) is 14.2 Å². The molecule has 5 heteroatoms. The van der Waals surface area contributed by atoms with Gasteiger partial charge in [0.05, 0.1) is 12.7 Å². The van der Waals surface area contributed by atoms with Gasteiger partial charge in [-0.3, -0.25) is 0 Å². The number of ether oxygens (including phenoxy) is 3. The van der Waals surface area contributed by atoms with Gasteiger partial charge in [-0.05, 0) is 20.3 Å². The second-order valence-corrected chi connectivity index (χ2v) is 4.50. The molecule has 0 aromatic heterocycles. The predicted octanol–water partition coefficient (Wildman–Crippen LogP) is 0.285. The third kappa shape index (κ3) is 2.93. The summed E-state index contributed by atoms with van der Waals surface area (Å²) in [5, 5.41) is 19.0. The lowest BCUT2D eigenvalue weighted by Gasteiger charge is -2.28. The van der Waals surface area contributed by atoms with E-state index in [1.165, 1.54) is 7.11 Å². The molecule has 1 fully saturated rings.